The van der Waals surface area contributed by atoms with Crippen molar-refractivity contribution in [2.24, 2.45) is 0 Å². The number of benzene rings is 1. The third kappa shape index (κ3) is 3.20. The Morgan fingerprint density at radius 2 is 2.00 bits per heavy atom. The summed E-state index contributed by atoms with van der Waals surface area (Å²) in [6, 6.07) is 7.07. The zero-order valence-electron chi connectivity index (χ0n) is 11.1. The highest BCUT2D eigenvalue weighted by molar-refractivity contribution is 5.27. The van der Waals surface area contributed by atoms with Gasteiger partial charge >= 0.3 is 0 Å². The summed E-state index contributed by atoms with van der Waals surface area (Å²) in [5, 5.41) is 19.8. The van der Waals surface area contributed by atoms with Gasteiger partial charge in [0.05, 0.1) is 6.10 Å². The van der Waals surface area contributed by atoms with Crippen LogP contribution in [0.15, 0.2) is 24.3 Å². The molecule has 0 heterocycles. The molecule has 0 aromatic heterocycles. The minimum Gasteiger partial charge on any atom is -0.508 e. The highest BCUT2D eigenvalue weighted by Crippen LogP contribution is 2.24. The maximum atomic E-state index is 10.4. The Kier molecular flexibility index (Phi) is 4.54. The molecule has 3 nitrogen and oxygen atoms in total. The van der Waals surface area contributed by atoms with Crippen molar-refractivity contribution in [3.8, 4) is 5.75 Å². The maximum Gasteiger partial charge on any atom is 0.115 e. The van der Waals surface area contributed by atoms with Gasteiger partial charge in [0.2, 0.25) is 0 Å². The number of aromatic hydroxyl groups is 1. The van der Waals surface area contributed by atoms with Gasteiger partial charge in [-0.3, -0.25) is 0 Å². The number of likely N-dealkylation sites (N-methyl/N-ethyl adjacent to an activating group) is 1. The zero-order chi connectivity index (χ0) is 13.1. The molecule has 0 radical (unpaired) electrons. The van der Waals surface area contributed by atoms with E-state index in [1.54, 1.807) is 18.2 Å². The van der Waals surface area contributed by atoms with Crippen molar-refractivity contribution in [1.29, 1.82) is 0 Å². The van der Waals surface area contributed by atoms with E-state index in [0.29, 0.717) is 6.42 Å². The van der Waals surface area contributed by atoms with Crippen LogP contribution in [0, 0.1) is 0 Å². The van der Waals surface area contributed by atoms with Crippen LogP contribution in [0.1, 0.15) is 25.8 Å². The molecule has 1 aromatic carbocycles. The van der Waals surface area contributed by atoms with Crippen molar-refractivity contribution in [2.75, 3.05) is 14.1 Å². The predicted octanol–water partition coefficient (Wildman–Crippen LogP) is 2.03. The van der Waals surface area contributed by atoms with E-state index in [9.17, 15) is 10.2 Å². The first-order chi connectivity index (χ1) is 7.90. The fourth-order valence-electron chi connectivity index (χ4n) is 1.98. The number of hydrogen-bond acceptors (Lipinski definition) is 3. The summed E-state index contributed by atoms with van der Waals surface area (Å²) in [5.41, 5.74) is 0.713. The van der Waals surface area contributed by atoms with E-state index < -0.39 is 6.10 Å². The van der Waals surface area contributed by atoms with Crippen molar-refractivity contribution in [3.63, 3.8) is 0 Å². The minimum atomic E-state index is -0.454. The quantitative estimate of drug-likeness (QED) is 0.823. The first kappa shape index (κ1) is 14.0. The number of nitrogens with zero attached hydrogens (tertiary/aromatic N) is 1. The monoisotopic (exact) mass is 237 g/mol. The molecule has 1 aromatic rings. The second-order valence-electron chi connectivity index (χ2n) is 4.99. The summed E-state index contributed by atoms with van der Waals surface area (Å²) in [7, 11) is 3.96. The van der Waals surface area contributed by atoms with Crippen LogP contribution in [0.4, 0.5) is 0 Å². The van der Waals surface area contributed by atoms with Crippen molar-refractivity contribution in [3.05, 3.63) is 29.8 Å². The number of phenolic OH excluding ortho intramolecular Hbond substituents is 1. The standard InChI is InChI=1S/C14H23NO2/c1-5-14(2,15(3)4)13(17)10-11-7-6-8-12(16)9-11/h6-9,13,16-17H,5,10H2,1-4H3. The van der Waals surface area contributed by atoms with E-state index in [2.05, 4.69) is 18.7 Å². The summed E-state index contributed by atoms with van der Waals surface area (Å²) in [5.74, 6) is 0.248. The smallest absolute Gasteiger partial charge is 0.115 e. The van der Waals surface area contributed by atoms with Crippen molar-refractivity contribution in [1.82, 2.24) is 4.90 Å². The van der Waals surface area contributed by atoms with Gasteiger partial charge < -0.3 is 15.1 Å². The molecule has 0 amide bonds. The molecule has 1 rings (SSSR count). The Bertz CT molecular complexity index is 365. The van der Waals surface area contributed by atoms with Gasteiger partial charge in [-0.1, -0.05) is 19.1 Å². The Labute approximate surface area is 104 Å². The van der Waals surface area contributed by atoms with Crippen molar-refractivity contribution < 1.29 is 10.2 Å². The molecule has 3 heteroatoms. The highest BCUT2D eigenvalue weighted by atomic mass is 16.3. The maximum absolute atomic E-state index is 10.4. The van der Waals surface area contributed by atoms with Gasteiger partial charge in [0.25, 0.3) is 0 Å². The van der Waals surface area contributed by atoms with Crippen molar-refractivity contribution in [2.45, 2.75) is 38.3 Å². The molecule has 0 aliphatic carbocycles. The highest BCUT2D eigenvalue weighted by Gasteiger charge is 2.33. The molecule has 17 heavy (non-hydrogen) atoms. The van der Waals surface area contributed by atoms with Gasteiger partial charge in [-0.25, -0.2) is 0 Å². The topological polar surface area (TPSA) is 43.7 Å². The number of rotatable bonds is 5. The largest absolute Gasteiger partial charge is 0.508 e. The lowest BCUT2D eigenvalue weighted by molar-refractivity contribution is 0.00299. The summed E-state index contributed by atoms with van der Waals surface area (Å²) < 4.78 is 0. The van der Waals surface area contributed by atoms with E-state index in [1.807, 2.05) is 20.2 Å². The van der Waals surface area contributed by atoms with Gasteiger partial charge in [0.1, 0.15) is 5.75 Å². The van der Waals surface area contributed by atoms with E-state index in [-0.39, 0.29) is 11.3 Å². The molecule has 0 saturated carbocycles. The summed E-state index contributed by atoms with van der Waals surface area (Å²) >= 11 is 0. The second-order valence-corrected chi connectivity index (χ2v) is 4.99. The van der Waals surface area contributed by atoms with Crippen LogP contribution in [0.25, 0.3) is 0 Å². The van der Waals surface area contributed by atoms with Crippen LogP contribution in [-0.2, 0) is 6.42 Å². The molecule has 0 spiro atoms. The summed E-state index contributed by atoms with van der Waals surface area (Å²) in [4.78, 5) is 2.06. The third-order valence-electron chi connectivity index (χ3n) is 3.79. The lowest BCUT2D eigenvalue weighted by atomic mass is 9.86. The second kappa shape index (κ2) is 5.52. The predicted molar refractivity (Wildman–Crippen MR) is 70.2 cm³/mol. The summed E-state index contributed by atoms with van der Waals surface area (Å²) in [6.45, 7) is 4.13. The molecule has 0 aliphatic rings. The normalized spacial score (nSPS) is 16.8. The lowest BCUT2D eigenvalue weighted by Gasteiger charge is -2.40. The van der Waals surface area contributed by atoms with E-state index in [0.717, 1.165) is 12.0 Å². The lowest BCUT2D eigenvalue weighted by Crippen LogP contribution is -2.51. The van der Waals surface area contributed by atoms with Crippen LogP contribution in [0.3, 0.4) is 0 Å². The molecule has 2 N–H and O–H groups in total. The first-order valence-corrected chi connectivity index (χ1v) is 6.03. The molecule has 0 saturated heterocycles. The van der Waals surface area contributed by atoms with Gasteiger partial charge in [-0.2, -0.15) is 0 Å². The molecule has 2 unspecified atom stereocenters. The molecular weight excluding hydrogens is 214 g/mol. The van der Waals surface area contributed by atoms with Crippen LogP contribution in [0.5, 0.6) is 5.75 Å². The van der Waals surface area contributed by atoms with E-state index in [4.69, 9.17) is 0 Å². The van der Waals surface area contributed by atoms with Gasteiger partial charge in [0, 0.05) is 12.0 Å². The zero-order valence-corrected chi connectivity index (χ0v) is 11.1. The number of phenols is 1. The fraction of sp³-hybridized carbons (Fsp3) is 0.571. The molecule has 0 fully saturated rings. The van der Waals surface area contributed by atoms with Crippen LogP contribution >= 0.6 is 0 Å². The SMILES string of the molecule is CCC(C)(C(O)Cc1cccc(O)c1)N(C)C. The third-order valence-corrected chi connectivity index (χ3v) is 3.79. The van der Waals surface area contributed by atoms with Crippen LogP contribution in [-0.4, -0.2) is 40.9 Å². The molecule has 2 atom stereocenters. The van der Waals surface area contributed by atoms with E-state index >= 15 is 0 Å². The first-order valence-electron chi connectivity index (χ1n) is 6.03. The molecular formula is C14H23NO2. The molecule has 96 valence electrons. The molecule has 0 aliphatic heterocycles. The average Bonchev–Trinajstić information content (AvgIpc) is 2.27. The van der Waals surface area contributed by atoms with Crippen molar-refractivity contribution >= 4 is 0 Å². The minimum absolute atomic E-state index is 0.245. The van der Waals surface area contributed by atoms with Crippen LogP contribution in [0.2, 0.25) is 0 Å². The number of hydrogen-bond donors (Lipinski definition) is 2. The Morgan fingerprint density at radius 1 is 1.35 bits per heavy atom. The summed E-state index contributed by atoms with van der Waals surface area (Å²) in [6.07, 6.45) is 0.973. The number of aliphatic hydroxyl groups is 1. The molecule has 0 bridgehead atoms. The average molecular weight is 237 g/mol. The van der Waals surface area contributed by atoms with E-state index in [1.165, 1.54) is 0 Å². The Hall–Kier alpha value is -1.06. The van der Waals surface area contributed by atoms with Gasteiger partial charge in [0.15, 0.2) is 0 Å². The Balaban J connectivity index is 2.81. The van der Waals surface area contributed by atoms with Gasteiger partial charge in [-0.15, -0.1) is 0 Å². The fourth-order valence-corrected chi connectivity index (χ4v) is 1.98. The van der Waals surface area contributed by atoms with Gasteiger partial charge in [-0.05, 0) is 45.1 Å². The number of aliphatic hydroxyl groups excluding tert-OH is 1. The Morgan fingerprint density at radius 3 is 2.47 bits per heavy atom. The van der Waals surface area contributed by atoms with Crippen LogP contribution < -0.4 is 0 Å².